The molecule has 1 fully saturated rings. The largest absolute Gasteiger partial charge is 0.385 e. The highest BCUT2D eigenvalue weighted by Gasteiger charge is 2.29. The normalized spacial score (nSPS) is 19.6. The van der Waals surface area contributed by atoms with Crippen LogP contribution in [-0.4, -0.2) is 45.1 Å². The highest BCUT2D eigenvalue weighted by molar-refractivity contribution is 5.92. The first-order chi connectivity index (χ1) is 12.0. The van der Waals surface area contributed by atoms with E-state index in [1.165, 1.54) is 0 Å². The number of rotatable bonds is 5. The van der Waals surface area contributed by atoms with Gasteiger partial charge >= 0.3 is 0 Å². The molecule has 2 heterocycles. The molecule has 2 aromatic rings. The summed E-state index contributed by atoms with van der Waals surface area (Å²) in [7, 11) is 1.89. The summed E-state index contributed by atoms with van der Waals surface area (Å²) in [5.41, 5.74) is 1.91. The summed E-state index contributed by atoms with van der Waals surface area (Å²) in [5, 5.41) is 13.6. The van der Waals surface area contributed by atoms with Gasteiger partial charge in [0.05, 0.1) is 6.54 Å². The van der Waals surface area contributed by atoms with Crippen molar-refractivity contribution in [2.75, 3.05) is 25.0 Å². The summed E-state index contributed by atoms with van der Waals surface area (Å²) in [6.07, 6.45) is 4.87. The van der Waals surface area contributed by atoms with E-state index in [0.29, 0.717) is 18.9 Å². The van der Waals surface area contributed by atoms with Gasteiger partial charge in [-0.2, -0.15) is 0 Å². The van der Waals surface area contributed by atoms with Gasteiger partial charge in [0.1, 0.15) is 11.9 Å². The fourth-order valence-electron chi connectivity index (χ4n) is 3.47. The minimum atomic E-state index is -0.595. The Bertz CT molecular complexity index is 728. The van der Waals surface area contributed by atoms with E-state index in [0.717, 1.165) is 30.6 Å². The molecule has 0 bridgehead atoms. The molecule has 1 amide bonds. The molecular formula is C19H26N4O2. The Morgan fingerprint density at radius 1 is 1.44 bits per heavy atom. The molecule has 0 aliphatic carbocycles. The van der Waals surface area contributed by atoms with Crippen LogP contribution < -0.4 is 5.32 Å². The van der Waals surface area contributed by atoms with Crippen molar-refractivity contribution < 1.29 is 9.90 Å². The van der Waals surface area contributed by atoms with Crippen LogP contribution in [0, 0.1) is 12.8 Å². The number of aryl methyl sites for hydroxylation is 2. The van der Waals surface area contributed by atoms with Crippen LogP contribution in [0.1, 0.15) is 30.3 Å². The summed E-state index contributed by atoms with van der Waals surface area (Å²) < 4.78 is 1.86. The number of nitrogens with zero attached hydrogens (tertiary/aromatic N) is 3. The van der Waals surface area contributed by atoms with E-state index < -0.39 is 6.10 Å². The maximum absolute atomic E-state index is 12.4. The number of nitrogens with one attached hydrogen (secondary N) is 1. The van der Waals surface area contributed by atoms with Crippen LogP contribution in [0.4, 0.5) is 5.69 Å². The molecule has 0 saturated carbocycles. The van der Waals surface area contributed by atoms with Gasteiger partial charge in [-0.15, -0.1) is 0 Å². The van der Waals surface area contributed by atoms with Crippen LogP contribution in [0.15, 0.2) is 36.7 Å². The van der Waals surface area contributed by atoms with Crippen molar-refractivity contribution in [2.24, 2.45) is 13.0 Å². The summed E-state index contributed by atoms with van der Waals surface area (Å²) >= 11 is 0. The van der Waals surface area contributed by atoms with Gasteiger partial charge in [0.25, 0.3) is 0 Å². The van der Waals surface area contributed by atoms with Gasteiger partial charge in [-0.3, -0.25) is 9.69 Å². The first kappa shape index (κ1) is 17.6. The average molecular weight is 342 g/mol. The summed E-state index contributed by atoms with van der Waals surface area (Å²) in [5.74, 6) is 0.777. The lowest BCUT2D eigenvalue weighted by molar-refractivity contribution is -0.118. The second-order valence-corrected chi connectivity index (χ2v) is 6.84. The van der Waals surface area contributed by atoms with E-state index in [9.17, 15) is 9.90 Å². The second-order valence-electron chi connectivity index (χ2n) is 6.84. The van der Waals surface area contributed by atoms with Crippen molar-refractivity contribution in [3.63, 3.8) is 0 Å². The van der Waals surface area contributed by atoms with Gasteiger partial charge in [0, 0.05) is 37.6 Å². The van der Waals surface area contributed by atoms with E-state index in [4.69, 9.17) is 0 Å². The Balaban J connectivity index is 1.57. The highest BCUT2D eigenvalue weighted by Crippen LogP contribution is 2.28. The molecule has 6 nitrogen and oxygen atoms in total. The minimum Gasteiger partial charge on any atom is -0.385 e. The van der Waals surface area contributed by atoms with Crippen LogP contribution in [0.5, 0.6) is 0 Å². The molecule has 0 radical (unpaired) electrons. The minimum absolute atomic E-state index is 0.0126. The number of aliphatic hydroxyl groups excluding tert-OH is 1. The molecule has 1 aliphatic rings. The lowest BCUT2D eigenvalue weighted by Gasteiger charge is -2.34. The number of aromatic nitrogens is 2. The molecule has 1 aromatic heterocycles. The van der Waals surface area contributed by atoms with Gasteiger partial charge in [0.2, 0.25) is 5.91 Å². The number of amides is 1. The number of imidazole rings is 1. The van der Waals surface area contributed by atoms with Crippen LogP contribution in [-0.2, 0) is 11.8 Å². The van der Waals surface area contributed by atoms with Crippen molar-refractivity contribution >= 4 is 11.6 Å². The number of aliphatic hydroxyl groups is 1. The van der Waals surface area contributed by atoms with E-state index in [2.05, 4.69) is 15.2 Å². The van der Waals surface area contributed by atoms with E-state index in [1.54, 1.807) is 6.20 Å². The lowest BCUT2D eigenvalue weighted by atomic mass is 9.92. The van der Waals surface area contributed by atoms with Gasteiger partial charge in [-0.25, -0.2) is 4.98 Å². The number of para-hydroxylation sites is 1. The maximum Gasteiger partial charge on any atom is 0.238 e. The monoisotopic (exact) mass is 342 g/mol. The summed E-state index contributed by atoms with van der Waals surface area (Å²) in [6.45, 7) is 3.91. The molecule has 0 spiro atoms. The molecule has 134 valence electrons. The molecule has 25 heavy (non-hydrogen) atoms. The number of hydrogen-bond donors (Lipinski definition) is 2. The number of benzene rings is 1. The van der Waals surface area contributed by atoms with Crippen molar-refractivity contribution in [3.8, 4) is 0 Å². The predicted molar refractivity (Wildman–Crippen MR) is 97.1 cm³/mol. The van der Waals surface area contributed by atoms with Crippen LogP contribution in [0.3, 0.4) is 0 Å². The first-order valence-corrected chi connectivity index (χ1v) is 8.77. The molecule has 1 aromatic carbocycles. The summed E-state index contributed by atoms with van der Waals surface area (Å²) in [6, 6.07) is 7.77. The summed E-state index contributed by atoms with van der Waals surface area (Å²) in [4.78, 5) is 18.7. The number of carbonyl (C=O) groups is 1. The molecule has 2 atom stereocenters. The molecule has 6 heteroatoms. The van der Waals surface area contributed by atoms with E-state index in [-0.39, 0.29) is 11.8 Å². The Kier molecular flexibility index (Phi) is 5.50. The van der Waals surface area contributed by atoms with Crippen LogP contribution in [0.25, 0.3) is 0 Å². The molecule has 1 aliphatic heterocycles. The first-order valence-electron chi connectivity index (χ1n) is 8.77. The van der Waals surface area contributed by atoms with Crippen LogP contribution in [0.2, 0.25) is 0 Å². The molecule has 2 unspecified atom stereocenters. The van der Waals surface area contributed by atoms with E-state index >= 15 is 0 Å². The molecular weight excluding hydrogens is 316 g/mol. The Morgan fingerprint density at radius 3 is 2.96 bits per heavy atom. The highest BCUT2D eigenvalue weighted by atomic mass is 16.3. The molecule has 1 saturated heterocycles. The Labute approximate surface area is 148 Å². The second kappa shape index (κ2) is 7.80. The quantitative estimate of drug-likeness (QED) is 0.873. The zero-order valence-corrected chi connectivity index (χ0v) is 14.9. The number of carbonyl (C=O) groups excluding carboxylic acids is 1. The van der Waals surface area contributed by atoms with Crippen LogP contribution >= 0.6 is 0 Å². The topological polar surface area (TPSA) is 70.4 Å². The third kappa shape index (κ3) is 4.27. The van der Waals surface area contributed by atoms with Crippen molar-refractivity contribution in [1.82, 2.24) is 14.5 Å². The number of likely N-dealkylation sites (tertiary alicyclic amines) is 1. The SMILES string of the molecule is Cc1ccccc1NC(=O)CN1CCCC(C(O)c2nccn2C)C1. The standard InChI is InChI=1S/C19H26N4O2/c1-14-6-3-4-8-16(14)21-17(24)13-23-10-5-7-15(12-23)18(25)19-20-9-11-22(19)2/h3-4,6,8-9,11,15,18,25H,5,7,10,12-13H2,1-2H3,(H,21,24). The zero-order valence-electron chi connectivity index (χ0n) is 14.9. The number of hydrogen-bond acceptors (Lipinski definition) is 4. The Morgan fingerprint density at radius 2 is 2.24 bits per heavy atom. The predicted octanol–water partition coefficient (Wildman–Crippen LogP) is 2.11. The number of piperidine rings is 1. The maximum atomic E-state index is 12.4. The third-order valence-corrected chi connectivity index (χ3v) is 4.90. The number of anilines is 1. The lowest BCUT2D eigenvalue weighted by Crippen LogP contribution is -2.42. The fraction of sp³-hybridized carbons (Fsp3) is 0.474. The van der Waals surface area contributed by atoms with E-state index in [1.807, 2.05) is 49.0 Å². The van der Waals surface area contributed by atoms with Gasteiger partial charge < -0.3 is 15.0 Å². The average Bonchev–Trinajstić information content (AvgIpc) is 3.02. The zero-order chi connectivity index (χ0) is 17.8. The van der Waals surface area contributed by atoms with Crippen molar-refractivity contribution in [2.45, 2.75) is 25.9 Å². The van der Waals surface area contributed by atoms with Gasteiger partial charge in [0.15, 0.2) is 0 Å². The third-order valence-electron chi connectivity index (χ3n) is 4.90. The van der Waals surface area contributed by atoms with Gasteiger partial charge in [-0.1, -0.05) is 18.2 Å². The van der Waals surface area contributed by atoms with Gasteiger partial charge in [-0.05, 0) is 37.9 Å². The smallest absolute Gasteiger partial charge is 0.238 e. The van der Waals surface area contributed by atoms with Crippen molar-refractivity contribution in [1.29, 1.82) is 0 Å². The molecule has 3 rings (SSSR count). The Hall–Kier alpha value is -2.18. The van der Waals surface area contributed by atoms with Crippen molar-refractivity contribution in [3.05, 3.63) is 48.0 Å². The fourth-order valence-corrected chi connectivity index (χ4v) is 3.47. The molecule has 2 N–H and O–H groups in total.